The first kappa shape index (κ1) is 14.6. The molecule has 0 fully saturated rings. The molecule has 0 unspecified atom stereocenters. The number of anilines is 1. The minimum Gasteiger partial charge on any atom is -0.496 e. The van der Waals surface area contributed by atoms with Crippen molar-refractivity contribution >= 4 is 17.4 Å². The normalized spacial score (nSPS) is 9.95. The number of methoxy groups -OCH3 is 1. The van der Waals surface area contributed by atoms with Crippen LogP contribution in [0.1, 0.15) is 20.7 Å². The van der Waals surface area contributed by atoms with E-state index in [1.54, 1.807) is 48.5 Å². The number of carbonyl (C=O) groups is 2. The molecule has 0 aromatic heterocycles. The molecule has 0 spiro atoms. The standard InChI is InChI=1S/C16H15NO4/c1-20-15-5-3-2-4-13(15)14(18)10-21-16(19)11-6-8-12(17)9-7-11/h2-9H,10,17H2,1H3. The lowest BCUT2D eigenvalue weighted by molar-refractivity contribution is 0.0474. The smallest absolute Gasteiger partial charge is 0.338 e. The Morgan fingerprint density at radius 2 is 1.71 bits per heavy atom. The third-order valence-electron chi connectivity index (χ3n) is 2.89. The highest BCUT2D eigenvalue weighted by Gasteiger charge is 2.14. The van der Waals surface area contributed by atoms with E-state index in [0.29, 0.717) is 22.6 Å². The number of esters is 1. The number of hydrogen-bond acceptors (Lipinski definition) is 5. The number of Topliss-reactive ketones (excluding diaryl/α,β-unsaturated/α-hetero) is 1. The number of benzene rings is 2. The SMILES string of the molecule is COc1ccccc1C(=O)COC(=O)c1ccc(N)cc1. The summed E-state index contributed by atoms with van der Waals surface area (Å²) in [4.78, 5) is 23.8. The monoisotopic (exact) mass is 285 g/mol. The number of rotatable bonds is 5. The molecule has 2 aromatic carbocycles. The number of nitrogens with two attached hydrogens (primary N) is 1. The second-order valence-electron chi connectivity index (χ2n) is 4.32. The average Bonchev–Trinajstić information content (AvgIpc) is 2.52. The lowest BCUT2D eigenvalue weighted by Crippen LogP contribution is -2.15. The summed E-state index contributed by atoms with van der Waals surface area (Å²) in [6.07, 6.45) is 0. The maximum Gasteiger partial charge on any atom is 0.338 e. The molecule has 0 heterocycles. The zero-order chi connectivity index (χ0) is 15.2. The molecule has 0 aliphatic heterocycles. The number of carbonyl (C=O) groups excluding carboxylic acids is 2. The van der Waals surface area contributed by atoms with Crippen LogP contribution in [0.3, 0.4) is 0 Å². The molecule has 2 rings (SSSR count). The van der Waals surface area contributed by atoms with Crippen LogP contribution in [-0.4, -0.2) is 25.5 Å². The van der Waals surface area contributed by atoms with Crippen molar-refractivity contribution < 1.29 is 19.1 Å². The van der Waals surface area contributed by atoms with Crippen molar-refractivity contribution in [2.45, 2.75) is 0 Å². The quantitative estimate of drug-likeness (QED) is 0.518. The molecular weight excluding hydrogens is 270 g/mol. The molecule has 0 radical (unpaired) electrons. The Kier molecular flexibility index (Phi) is 4.56. The van der Waals surface area contributed by atoms with Gasteiger partial charge in [-0.3, -0.25) is 4.79 Å². The topological polar surface area (TPSA) is 78.6 Å². The number of ether oxygens (including phenoxy) is 2. The van der Waals surface area contributed by atoms with Crippen molar-refractivity contribution in [3.05, 3.63) is 59.7 Å². The first-order valence-corrected chi connectivity index (χ1v) is 6.30. The highest BCUT2D eigenvalue weighted by Crippen LogP contribution is 2.18. The summed E-state index contributed by atoms with van der Waals surface area (Å²) in [5.74, 6) is -0.444. The van der Waals surface area contributed by atoms with E-state index >= 15 is 0 Å². The van der Waals surface area contributed by atoms with Gasteiger partial charge < -0.3 is 15.2 Å². The third-order valence-corrected chi connectivity index (χ3v) is 2.89. The summed E-state index contributed by atoms with van der Waals surface area (Å²) in [7, 11) is 1.48. The Labute approximate surface area is 122 Å². The first-order valence-electron chi connectivity index (χ1n) is 6.30. The van der Waals surface area contributed by atoms with Crippen LogP contribution in [0.5, 0.6) is 5.75 Å². The minimum atomic E-state index is -0.571. The molecule has 2 N–H and O–H groups in total. The predicted octanol–water partition coefficient (Wildman–Crippen LogP) is 2.32. The zero-order valence-electron chi connectivity index (χ0n) is 11.5. The molecule has 21 heavy (non-hydrogen) atoms. The Bertz CT molecular complexity index is 650. The third kappa shape index (κ3) is 3.60. The van der Waals surface area contributed by atoms with Gasteiger partial charge in [0.05, 0.1) is 18.2 Å². The predicted molar refractivity (Wildman–Crippen MR) is 78.5 cm³/mol. The summed E-state index contributed by atoms with van der Waals surface area (Å²) in [6.45, 7) is -0.344. The van der Waals surface area contributed by atoms with Crippen LogP contribution in [0.4, 0.5) is 5.69 Å². The Morgan fingerprint density at radius 3 is 2.38 bits per heavy atom. The van der Waals surface area contributed by atoms with Crippen molar-refractivity contribution in [1.29, 1.82) is 0 Å². The summed E-state index contributed by atoms with van der Waals surface area (Å²) in [5, 5.41) is 0. The lowest BCUT2D eigenvalue weighted by atomic mass is 10.1. The maximum absolute atomic E-state index is 12.0. The fourth-order valence-corrected chi connectivity index (χ4v) is 1.79. The van der Waals surface area contributed by atoms with E-state index in [-0.39, 0.29) is 12.4 Å². The molecule has 108 valence electrons. The van der Waals surface area contributed by atoms with E-state index in [2.05, 4.69) is 0 Å². The van der Waals surface area contributed by atoms with E-state index in [0.717, 1.165) is 0 Å². The van der Waals surface area contributed by atoms with Crippen molar-refractivity contribution in [1.82, 2.24) is 0 Å². The van der Waals surface area contributed by atoms with Gasteiger partial charge in [0.15, 0.2) is 6.61 Å². The van der Waals surface area contributed by atoms with Crippen molar-refractivity contribution in [3.8, 4) is 5.75 Å². The number of para-hydroxylation sites is 1. The summed E-state index contributed by atoms with van der Waals surface area (Å²) in [6, 6.07) is 13.1. The van der Waals surface area contributed by atoms with E-state index in [1.165, 1.54) is 7.11 Å². The molecule has 5 nitrogen and oxygen atoms in total. The Balaban J connectivity index is 2.01. The van der Waals surface area contributed by atoms with Gasteiger partial charge in [0.1, 0.15) is 5.75 Å². The van der Waals surface area contributed by atoms with Crippen molar-refractivity contribution in [3.63, 3.8) is 0 Å². The molecule has 2 aromatic rings. The number of nitrogen functional groups attached to an aromatic ring is 1. The molecular formula is C16H15NO4. The van der Waals surface area contributed by atoms with Gasteiger partial charge in [-0.15, -0.1) is 0 Å². The van der Waals surface area contributed by atoms with Crippen LogP contribution in [0.25, 0.3) is 0 Å². The van der Waals surface area contributed by atoms with Crippen molar-refractivity contribution in [2.75, 3.05) is 19.5 Å². The van der Waals surface area contributed by atoms with E-state index in [4.69, 9.17) is 15.2 Å². The highest BCUT2D eigenvalue weighted by molar-refractivity contribution is 6.01. The fraction of sp³-hybridized carbons (Fsp3) is 0.125. The van der Waals surface area contributed by atoms with E-state index in [9.17, 15) is 9.59 Å². The van der Waals surface area contributed by atoms with E-state index < -0.39 is 5.97 Å². The lowest BCUT2D eigenvalue weighted by Gasteiger charge is -2.08. The molecule has 0 atom stereocenters. The molecule has 0 amide bonds. The molecule has 0 aliphatic carbocycles. The molecule has 0 bridgehead atoms. The second kappa shape index (κ2) is 6.56. The van der Waals surface area contributed by atoms with Crippen LogP contribution in [0.2, 0.25) is 0 Å². The van der Waals surface area contributed by atoms with Crippen LogP contribution in [0, 0.1) is 0 Å². The minimum absolute atomic E-state index is 0.323. The van der Waals surface area contributed by atoms with Crippen LogP contribution >= 0.6 is 0 Å². The largest absolute Gasteiger partial charge is 0.496 e. The summed E-state index contributed by atoms with van der Waals surface area (Å²) >= 11 is 0. The Morgan fingerprint density at radius 1 is 1.05 bits per heavy atom. The molecule has 0 saturated heterocycles. The number of ketones is 1. The fourth-order valence-electron chi connectivity index (χ4n) is 1.79. The van der Waals surface area contributed by atoms with E-state index in [1.807, 2.05) is 0 Å². The van der Waals surface area contributed by atoms with Crippen molar-refractivity contribution in [2.24, 2.45) is 0 Å². The Hall–Kier alpha value is -2.82. The second-order valence-corrected chi connectivity index (χ2v) is 4.32. The maximum atomic E-state index is 12.0. The van der Waals surface area contributed by atoms with Gasteiger partial charge in [0.25, 0.3) is 0 Å². The first-order chi connectivity index (χ1) is 10.1. The van der Waals surface area contributed by atoms with Crippen LogP contribution in [-0.2, 0) is 4.74 Å². The van der Waals surface area contributed by atoms with Gasteiger partial charge in [-0.05, 0) is 36.4 Å². The zero-order valence-corrected chi connectivity index (χ0v) is 11.5. The highest BCUT2D eigenvalue weighted by atomic mass is 16.5. The van der Waals surface area contributed by atoms with Gasteiger partial charge in [-0.2, -0.15) is 0 Å². The van der Waals surface area contributed by atoms with Gasteiger partial charge in [0.2, 0.25) is 5.78 Å². The van der Waals surface area contributed by atoms with Gasteiger partial charge in [0, 0.05) is 5.69 Å². The number of hydrogen-bond donors (Lipinski definition) is 1. The van der Waals surface area contributed by atoms with Gasteiger partial charge in [-0.25, -0.2) is 4.79 Å². The molecule has 5 heteroatoms. The van der Waals surface area contributed by atoms with Gasteiger partial charge in [-0.1, -0.05) is 12.1 Å². The molecule has 0 saturated carbocycles. The van der Waals surface area contributed by atoms with Crippen LogP contribution < -0.4 is 10.5 Å². The van der Waals surface area contributed by atoms with Crippen LogP contribution in [0.15, 0.2) is 48.5 Å². The average molecular weight is 285 g/mol. The summed E-state index contributed by atoms with van der Waals surface area (Å²) < 4.78 is 10.1. The molecule has 0 aliphatic rings. The summed E-state index contributed by atoms with van der Waals surface area (Å²) in [5.41, 5.74) is 6.81. The van der Waals surface area contributed by atoms with Gasteiger partial charge >= 0.3 is 5.97 Å².